The van der Waals surface area contributed by atoms with Crippen LogP contribution in [0.25, 0.3) is 0 Å². The number of amides is 1. The Labute approximate surface area is 148 Å². The van der Waals surface area contributed by atoms with Gasteiger partial charge in [-0.2, -0.15) is 5.10 Å². The van der Waals surface area contributed by atoms with Crippen LogP contribution < -0.4 is 5.32 Å². The molecule has 0 saturated carbocycles. The van der Waals surface area contributed by atoms with Gasteiger partial charge in [-0.25, -0.2) is 0 Å². The summed E-state index contributed by atoms with van der Waals surface area (Å²) >= 11 is 3.44. The van der Waals surface area contributed by atoms with Gasteiger partial charge in [0, 0.05) is 41.8 Å². The lowest BCUT2D eigenvalue weighted by Gasteiger charge is -2.33. The number of aromatic amines is 1. The van der Waals surface area contributed by atoms with Gasteiger partial charge in [0.05, 0.1) is 13.2 Å². The number of benzene rings is 1. The fourth-order valence-electron chi connectivity index (χ4n) is 3.26. The number of halogens is 1. The van der Waals surface area contributed by atoms with Crippen molar-refractivity contribution in [2.75, 3.05) is 26.2 Å². The number of hydrogen-bond donors (Lipinski definition) is 2. The van der Waals surface area contributed by atoms with E-state index in [-0.39, 0.29) is 12.0 Å². The van der Waals surface area contributed by atoms with Crippen LogP contribution in [0, 0.1) is 0 Å². The van der Waals surface area contributed by atoms with Crippen molar-refractivity contribution in [3.8, 4) is 0 Å². The third kappa shape index (κ3) is 2.99. The van der Waals surface area contributed by atoms with Crippen LogP contribution in [-0.2, 0) is 17.7 Å². The van der Waals surface area contributed by atoms with Gasteiger partial charge in [0.1, 0.15) is 6.10 Å². The van der Waals surface area contributed by atoms with Crippen molar-refractivity contribution in [3.05, 3.63) is 51.3 Å². The molecule has 2 aliphatic heterocycles. The van der Waals surface area contributed by atoms with Crippen molar-refractivity contribution in [2.24, 2.45) is 0 Å². The summed E-state index contributed by atoms with van der Waals surface area (Å²) in [7, 11) is 0. The lowest BCUT2D eigenvalue weighted by Crippen LogP contribution is -2.43. The molecule has 1 atom stereocenters. The van der Waals surface area contributed by atoms with E-state index in [1.165, 1.54) is 0 Å². The van der Waals surface area contributed by atoms with Crippen LogP contribution in [0.3, 0.4) is 0 Å². The molecule has 7 heteroatoms. The highest BCUT2D eigenvalue weighted by atomic mass is 79.9. The number of carbonyl (C=O) groups excluding carboxylic acids is 1. The Morgan fingerprint density at radius 1 is 1.33 bits per heavy atom. The van der Waals surface area contributed by atoms with Crippen molar-refractivity contribution < 1.29 is 9.53 Å². The first-order chi connectivity index (χ1) is 11.7. The van der Waals surface area contributed by atoms with Crippen molar-refractivity contribution in [1.29, 1.82) is 0 Å². The molecule has 1 unspecified atom stereocenters. The minimum Gasteiger partial charge on any atom is -0.370 e. The predicted molar refractivity (Wildman–Crippen MR) is 92.7 cm³/mol. The van der Waals surface area contributed by atoms with E-state index < -0.39 is 0 Å². The third-order valence-corrected chi connectivity index (χ3v) is 5.13. The largest absolute Gasteiger partial charge is 0.370 e. The van der Waals surface area contributed by atoms with Crippen molar-refractivity contribution in [2.45, 2.75) is 19.1 Å². The molecule has 1 amide bonds. The van der Waals surface area contributed by atoms with E-state index in [4.69, 9.17) is 4.74 Å². The van der Waals surface area contributed by atoms with E-state index in [2.05, 4.69) is 31.4 Å². The smallest absolute Gasteiger partial charge is 0.274 e. The van der Waals surface area contributed by atoms with Gasteiger partial charge >= 0.3 is 0 Å². The van der Waals surface area contributed by atoms with Crippen molar-refractivity contribution in [1.82, 2.24) is 20.4 Å². The highest BCUT2D eigenvalue weighted by Gasteiger charge is 2.30. The zero-order valence-electron chi connectivity index (χ0n) is 13.2. The first-order valence-electron chi connectivity index (χ1n) is 8.15. The van der Waals surface area contributed by atoms with Gasteiger partial charge in [-0.15, -0.1) is 0 Å². The standard InChI is InChI=1S/C17H19BrN4O2/c18-12-3-1-11(2-4-12)15-10-22(7-8-24-15)17(23)16-13-9-19-6-5-14(13)20-21-16/h1-4,15,19H,5-10H2,(H,20,21). The Bertz CT molecular complexity index is 744. The van der Waals surface area contributed by atoms with Crippen LogP contribution in [0.2, 0.25) is 0 Å². The number of rotatable bonds is 2. The Balaban J connectivity index is 1.52. The quantitative estimate of drug-likeness (QED) is 0.822. The first-order valence-corrected chi connectivity index (χ1v) is 8.95. The monoisotopic (exact) mass is 390 g/mol. The van der Waals surface area contributed by atoms with E-state index in [1.807, 2.05) is 29.2 Å². The summed E-state index contributed by atoms with van der Waals surface area (Å²) in [5.41, 5.74) is 3.72. The Hall–Kier alpha value is -1.70. The molecule has 1 aromatic heterocycles. The average Bonchev–Trinajstić information content (AvgIpc) is 3.06. The molecule has 1 aromatic carbocycles. The molecular formula is C17H19BrN4O2. The zero-order valence-corrected chi connectivity index (χ0v) is 14.8. The van der Waals surface area contributed by atoms with E-state index in [1.54, 1.807) is 0 Å². The highest BCUT2D eigenvalue weighted by Crippen LogP contribution is 2.25. The molecule has 2 aromatic rings. The lowest BCUT2D eigenvalue weighted by molar-refractivity contribution is -0.0230. The zero-order chi connectivity index (χ0) is 16.5. The van der Waals surface area contributed by atoms with Gasteiger partial charge < -0.3 is 15.0 Å². The van der Waals surface area contributed by atoms with Crippen LogP contribution in [0.1, 0.15) is 33.4 Å². The van der Waals surface area contributed by atoms with Crippen LogP contribution in [0.4, 0.5) is 0 Å². The molecule has 6 nitrogen and oxygen atoms in total. The number of H-pyrrole nitrogens is 1. The summed E-state index contributed by atoms with van der Waals surface area (Å²) in [6.45, 7) is 3.31. The summed E-state index contributed by atoms with van der Waals surface area (Å²) in [6.07, 6.45) is 0.795. The third-order valence-electron chi connectivity index (χ3n) is 4.60. The SMILES string of the molecule is O=C(c1n[nH]c2c1CNCC2)N1CCOC(c2ccc(Br)cc2)C1. The summed E-state index contributed by atoms with van der Waals surface area (Å²) in [6, 6.07) is 8.05. The Morgan fingerprint density at radius 2 is 2.17 bits per heavy atom. The van der Waals surface area contributed by atoms with Crippen molar-refractivity contribution >= 4 is 21.8 Å². The fraction of sp³-hybridized carbons (Fsp3) is 0.412. The summed E-state index contributed by atoms with van der Waals surface area (Å²) < 4.78 is 6.90. The first kappa shape index (κ1) is 15.8. The minimum absolute atomic E-state index is 0.0124. The molecule has 1 fully saturated rings. The van der Waals surface area contributed by atoms with E-state index in [0.717, 1.165) is 34.3 Å². The average molecular weight is 391 g/mol. The Morgan fingerprint density at radius 3 is 3.00 bits per heavy atom. The van der Waals surface area contributed by atoms with E-state index in [9.17, 15) is 4.79 Å². The van der Waals surface area contributed by atoms with Gasteiger partial charge in [0.2, 0.25) is 0 Å². The second kappa shape index (κ2) is 6.66. The summed E-state index contributed by atoms with van der Waals surface area (Å²) in [5.74, 6) is -0.0124. The van der Waals surface area contributed by atoms with Gasteiger partial charge in [-0.3, -0.25) is 9.89 Å². The molecule has 2 N–H and O–H groups in total. The topological polar surface area (TPSA) is 70.2 Å². The second-order valence-corrected chi connectivity index (χ2v) is 7.03. The van der Waals surface area contributed by atoms with Crippen LogP contribution in [0.5, 0.6) is 0 Å². The van der Waals surface area contributed by atoms with E-state index in [0.29, 0.717) is 31.9 Å². The summed E-state index contributed by atoms with van der Waals surface area (Å²) in [4.78, 5) is 14.8. The molecule has 3 heterocycles. The minimum atomic E-state index is -0.0938. The maximum atomic E-state index is 12.9. The van der Waals surface area contributed by atoms with Crippen LogP contribution in [-0.4, -0.2) is 47.2 Å². The van der Waals surface area contributed by atoms with Gasteiger partial charge in [0.15, 0.2) is 5.69 Å². The molecule has 0 aliphatic carbocycles. The molecule has 24 heavy (non-hydrogen) atoms. The molecule has 1 saturated heterocycles. The highest BCUT2D eigenvalue weighted by molar-refractivity contribution is 9.10. The number of fused-ring (bicyclic) bond motifs is 1. The lowest BCUT2D eigenvalue weighted by atomic mass is 10.0. The Kier molecular flexibility index (Phi) is 4.39. The number of nitrogens with one attached hydrogen (secondary N) is 2. The number of carbonyl (C=O) groups is 1. The van der Waals surface area contributed by atoms with Crippen LogP contribution in [0.15, 0.2) is 28.7 Å². The van der Waals surface area contributed by atoms with Gasteiger partial charge in [-0.1, -0.05) is 28.1 Å². The number of morpholine rings is 1. The molecule has 0 spiro atoms. The normalized spacial score (nSPS) is 20.7. The molecular weight excluding hydrogens is 372 g/mol. The van der Waals surface area contributed by atoms with E-state index >= 15 is 0 Å². The molecule has 0 radical (unpaired) electrons. The summed E-state index contributed by atoms with van der Waals surface area (Å²) in [5, 5.41) is 10.6. The second-order valence-electron chi connectivity index (χ2n) is 6.12. The molecule has 126 valence electrons. The van der Waals surface area contributed by atoms with Crippen molar-refractivity contribution in [3.63, 3.8) is 0 Å². The number of aromatic nitrogens is 2. The maximum absolute atomic E-state index is 12.9. The number of hydrogen-bond acceptors (Lipinski definition) is 4. The number of ether oxygens (including phenoxy) is 1. The fourth-order valence-corrected chi connectivity index (χ4v) is 3.53. The molecule has 4 rings (SSSR count). The maximum Gasteiger partial charge on any atom is 0.274 e. The van der Waals surface area contributed by atoms with Gasteiger partial charge in [0.25, 0.3) is 5.91 Å². The number of nitrogens with zero attached hydrogens (tertiary/aromatic N) is 2. The van der Waals surface area contributed by atoms with Crippen LogP contribution >= 0.6 is 15.9 Å². The molecule has 2 aliphatic rings. The van der Waals surface area contributed by atoms with Gasteiger partial charge in [-0.05, 0) is 17.7 Å². The molecule has 0 bridgehead atoms. The predicted octanol–water partition coefficient (Wildman–Crippen LogP) is 2.03.